The molecule has 0 saturated carbocycles. The Morgan fingerprint density at radius 3 is 2.54 bits per heavy atom. The highest BCUT2D eigenvalue weighted by Crippen LogP contribution is 2.34. The Morgan fingerprint density at radius 1 is 1.04 bits per heavy atom. The first-order chi connectivity index (χ1) is 12.3. The van der Waals surface area contributed by atoms with Gasteiger partial charge in [0.25, 0.3) is 5.91 Å². The van der Waals surface area contributed by atoms with E-state index in [1.165, 1.54) is 0 Å². The van der Waals surface area contributed by atoms with Gasteiger partial charge in [0.15, 0.2) is 5.78 Å². The fraction of sp³-hybridized carbons (Fsp3) is 0.273. The summed E-state index contributed by atoms with van der Waals surface area (Å²) in [6.45, 7) is 6.14. The molecule has 0 saturated heterocycles. The molecule has 0 aromatic heterocycles. The molecule has 2 aromatic carbocycles. The van der Waals surface area contributed by atoms with Gasteiger partial charge in [-0.1, -0.05) is 38.1 Å². The predicted octanol–water partition coefficient (Wildman–Crippen LogP) is 4.93. The van der Waals surface area contributed by atoms with E-state index in [2.05, 4.69) is 24.5 Å². The van der Waals surface area contributed by atoms with Crippen molar-refractivity contribution in [2.45, 2.75) is 33.6 Å². The number of amides is 1. The van der Waals surface area contributed by atoms with Crippen LogP contribution in [0.5, 0.6) is 0 Å². The van der Waals surface area contributed by atoms with Crippen molar-refractivity contribution in [3.05, 3.63) is 71.4 Å². The van der Waals surface area contributed by atoms with Gasteiger partial charge in [-0.25, -0.2) is 0 Å². The Hall–Kier alpha value is -2.88. The van der Waals surface area contributed by atoms with Crippen molar-refractivity contribution in [3.8, 4) is 0 Å². The highest BCUT2D eigenvalue weighted by Gasteiger charge is 2.28. The van der Waals surface area contributed by atoms with Crippen molar-refractivity contribution in [1.29, 1.82) is 0 Å². The summed E-state index contributed by atoms with van der Waals surface area (Å²) in [5.74, 6) is -0.0638. The van der Waals surface area contributed by atoms with E-state index in [-0.39, 0.29) is 17.1 Å². The van der Waals surface area contributed by atoms with Gasteiger partial charge in [-0.3, -0.25) is 9.59 Å². The van der Waals surface area contributed by atoms with Crippen molar-refractivity contribution in [2.24, 2.45) is 5.41 Å². The zero-order valence-electron chi connectivity index (χ0n) is 15.4. The lowest BCUT2D eigenvalue weighted by Gasteiger charge is -2.29. The largest absolute Gasteiger partial charge is 0.358 e. The minimum atomic E-state index is -0.180. The average Bonchev–Trinajstić information content (AvgIpc) is 2.53. The van der Waals surface area contributed by atoms with Gasteiger partial charge >= 0.3 is 0 Å². The minimum Gasteiger partial charge on any atom is -0.358 e. The molecule has 2 aromatic rings. The third-order valence-electron chi connectivity index (χ3n) is 4.40. The summed E-state index contributed by atoms with van der Waals surface area (Å²) in [7, 11) is 0. The first-order valence-corrected chi connectivity index (χ1v) is 8.80. The molecule has 4 nitrogen and oxygen atoms in total. The van der Waals surface area contributed by atoms with E-state index in [4.69, 9.17) is 0 Å². The molecule has 0 bridgehead atoms. The monoisotopic (exact) mass is 348 g/mol. The number of rotatable bonds is 4. The van der Waals surface area contributed by atoms with Crippen LogP contribution in [0.25, 0.3) is 0 Å². The van der Waals surface area contributed by atoms with Crippen LogP contribution < -0.4 is 10.6 Å². The SMILES string of the molecule is Cc1cccc(NC(=O)c2ccccc2NC2=CC(=O)CC(C)(C)C2)c1. The number of benzene rings is 2. The van der Waals surface area contributed by atoms with Crippen LogP contribution in [0.2, 0.25) is 0 Å². The van der Waals surface area contributed by atoms with E-state index >= 15 is 0 Å². The van der Waals surface area contributed by atoms with Crippen molar-refractivity contribution >= 4 is 23.1 Å². The van der Waals surface area contributed by atoms with Crippen LogP contribution in [0.4, 0.5) is 11.4 Å². The topological polar surface area (TPSA) is 58.2 Å². The number of hydrogen-bond donors (Lipinski definition) is 2. The average molecular weight is 348 g/mol. The zero-order chi connectivity index (χ0) is 18.7. The van der Waals surface area contributed by atoms with E-state index in [0.717, 1.165) is 23.4 Å². The van der Waals surface area contributed by atoms with Crippen LogP contribution in [-0.2, 0) is 4.79 Å². The van der Waals surface area contributed by atoms with Gasteiger partial charge in [0.05, 0.1) is 11.3 Å². The van der Waals surface area contributed by atoms with Crippen molar-refractivity contribution in [1.82, 2.24) is 0 Å². The Morgan fingerprint density at radius 2 is 1.81 bits per heavy atom. The maximum atomic E-state index is 12.7. The van der Waals surface area contributed by atoms with E-state index in [0.29, 0.717) is 17.7 Å². The first-order valence-electron chi connectivity index (χ1n) is 8.80. The fourth-order valence-corrected chi connectivity index (χ4v) is 3.31. The van der Waals surface area contributed by atoms with Gasteiger partial charge in [-0.05, 0) is 48.6 Å². The van der Waals surface area contributed by atoms with Crippen molar-refractivity contribution in [3.63, 3.8) is 0 Å². The van der Waals surface area contributed by atoms with Crippen LogP contribution in [0.15, 0.2) is 60.3 Å². The zero-order valence-corrected chi connectivity index (χ0v) is 15.4. The lowest BCUT2D eigenvalue weighted by atomic mass is 9.79. The molecule has 134 valence electrons. The second-order valence-electron chi connectivity index (χ2n) is 7.65. The number of para-hydroxylation sites is 1. The van der Waals surface area contributed by atoms with E-state index < -0.39 is 0 Å². The summed E-state index contributed by atoms with van der Waals surface area (Å²) >= 11 is 0. The van der Waals surface area contributed by atoms with Gasteiger partial charge in [0.1, 0.15) is 0 Å². The summed E-state index contributed by atoms with van der Waals surface area (Å²) in [5, 5.41) is 6.23. The maximum absolute atomic E-state index is 12.7. The third kappa shape index (κ3) is 4.39. The molecule has 26 heavy (non-hydrogen) atoms. The number of carbonyl (C=O) groups excluding carboxylic acids is 2. The molecule has 3 rings (SSSR count). The molecule has 0 spiro atoms. The number of carbonyl (C=O) groups is 2. The van der Waals surface area contributed by atoms with Crippen LogP contribution in [0.1, 0.15) is 42.6 Å². The fourth-order valence-electron chi connectivity index (χ4n) is 3.31. The molecule has 0 unspecified atom stereocenters. The standard InChI is InChI=1S/C22H24N2O2/c1-15-7-6-8-16(11-15)24-21(26)19-9-4-5-10-20(19)23-17-12-18(25)14-22(2,3)13-17/h4-12,23H,13-14H2,1-3H3,(H,24,26). The van der Waals surface area contributed by atoms with Gasteiger partial charge in [0, 0.05) is 23.9 Å². The number of nitrogens with one attached hydrogen (secondary N) is 2. The van der Waals surface area contributed by atoms with Crippen LogP contribution in [0.3, 0.4) is 0 Å². The summed E-state index contributed by atoms with van der Waals surface area (Å²) in [6.07, 6.45) is 2.97. The normalized spacial score (nSPS) is 16.0. The Bertz CT molecular complexity index is 881. The molecule has 1 aliphatic carbocycles. The van der Waals surface area contributed by atoms with Crippen molar-refractivity contribution in [2.75, 3.05) is 10.6 Å². The third-order valence-corrected chi connectivity index (χ3v) is 4.40. The highest BCUT2D eigenvalue weighted by atomic mass is 16.1. The number of ketones is 1. The molecule has 1 aliphatic rings. The summed E-state index contributed by atoms with van der Waals surface area (Å²) in [5.41, 5.74) is 3.87. The maximum Gasteiger partial charge on any atom is 0.257 e. The molecular formula is C22H24N2O2. The molecule has 2 N–H and O–H groups in total. The lowest BCUT2D eigenvalue weighted by molar-refractivity contribution is -0.117. The predicted molar refractivity (Wildman–Crippen MR) is 105 cm³/mol. The molecule has 0 heterocycles. The molecule has 0 fully saturated rings. The molecule has 0 aliphatic heterocycles. The minimum absolute atomic E-state index is 0.0765. The molecular weight excluding hydrogens is 324 g/mol. The number of aryl methyl sites for hydroxylation is 1. The smallest absolute Gasteiger partial charge is 0.257 e. The summed E-state index contributed by atoms with van der Waals surface area (Å²) in [4.78, 5) is 24.7. The van der Waals surface area contributed by atoms with Gasteiger partial charge in [-0.15, -0.1) is 0 Å². The van der Waals surface area contributed by atoms with Crippen LogP contribution in [0, 0.1) is 12.3 Å². The molecule has 4 heteroatoms. The van der Waals surface area contributed by atoms with E-state index in [9.17, 15) is 9.59 Å². The number of hydrogen-bond acceptors (Lipinski definition) is 3. The summed E-state index contributed by atoms with van der Waals surface area (Å²) in [6, 6.07) is 15.0. The van der Waals surface area contributed by atoms with Gasteiger partial charge < -0.3 is 10.6 Å². The van der Waals surface area contributed by atoms with E-state index in [1.54, 1.807) is 12.1 Å². The van der Waals surface area contributed by atoms with E-state index in [1.807, 2.05) is 49.4 Å². The van der Waals surface area contributed by atoms with Gasteiger partial charge in [0.2, 0.25) is 0 Å². The Labute approximate surface area is 154 Å². The van der Waals surface area contributed by atoms with Crippen LogP contribution >= 0.6 is 0 Å². The second-order valence-corrected chi connectivity index (χ2v) is 7.65. The van der Waals surface area contributed by atoms with Gasteiger partial charge in [-0.2, -0.15) is 0 Å². The molecule has 1 amide bonds. The first kappa shape index (κ1) is 17.9. The molecule has 0 atom stereocenters. The lowest BCUT2D eigenvalue weighted by Crippen LogP contribution is -2.25. The van der Waals surface area contributed by atoms with Crippen molar-refractivity contribution < 1.29 is 9.59 Å². The molecule has 0 radical (unpaired) electrons. The number of allylic oxidation sites excluding steroid dienone is 2. The number of anilines is 2. The quantitative estimate of drug-likeness (QED) is 0.823. The second kappa shape index (κ2) is 7.16. The van der Waals surface area contributed by atoms with Crippen LogP contribution in [-0.4, -0.2) is 11.7 Å². The summed E-state index contributed by atoms with van der Waals surface area (Å²) < 4.78 is 0. The highest BCUT2D eigenvalue weighted by molar-refractivity contribution is 6.08. The Kier molecular flexibility index (Phi) is 4.94. The Balaban J connectivity index is 1.82.